The molecule has 0 aliphatic heterocycles. The topological polar surface area (TPSA) is 59.2 Å². The van der Waals surface area contributed by atoms with E-state index in [4.69, 9.17) is 4.74 Å². The number of fused-ring (bicyclic) bond motifs is 1. The summed E-state index contributed by atoms with van der Waals surface area (Å²) in [5.41, 5.74) is 1.46. The van der Waals surface area contributed by atoms with Crippen molar-refractivity contribution in [3.05, 3.63) is 36.0 Å². The second-order valence-corrected chi connectivity index (χ2v) is 4.49. The summed E-state index contributed by atoms with van der Waals surface area (Å²) in [4.78, 5) is 26.7. The van der Waals surface area contributed by atoms with E-state index >= 15 is 0 Å². The van der Waals surface area contributed by atoms with Crippen molar-refractivity contribution in [2.75, 3.05) is 0 Å². The van der Waals surface area contributed by atoms with Gasteiger partial charge in [-0.15, -0.1) is 0 Å². The number of ether oxygens (including phenoxy) is 1. The minimum Gasteiger partial charge on any atom is -0.454 e. The Labute approximate surface area is 111 Å². The van der Waals surface area contributed by atoms with Gasteiger partial charge in [-0.1, -0.05) is 25.1 Å². The lowest BCUT2D eigenvalue weighted by molar-refractivity contribution is -0.146. The third-order valence-corrected chi connectivity index (χ3v) is 2.99. The lowest BCUT2D eigenvalue weighted by atomic mass is 10.1. The second-order valence-electron chi connectivity index (χ2n) is 4.49. The standard InChI is InChI=1S/C15H17NO3/c1-3-6-14(17)19-10(2)15(18)12-9-16-13-8-5-4-7-11(12)13/h4-5,7-10,16H,3,6H2,1-2H3/t10-/m1/s1. The summed E-state index contributed by atoms with van der Waals surface area (Å²) in [6.07, 6.45) is 1.97. The molecule has 0 unspecified atom stereocenters. The van der Waals surface area contributed by atoms with Crippen LogP contribution in [0.15, 0.2) is 30.5 Å². The van der Waals surface area contributed by atoms with Crippen LogP contribution in [0.25, 0.3) is 10.9 Å². The maximum Gasteiger partial charge on any atom is 0.306 e. The highest BCUT2D eigenvalue weighted by molar-refractivity contribution is 6.10. The smallest absolute Gasteiger partial charge is 0.306 e. The molecule has 0 aliphatic rings. The normalized spacial score (nSPS) is 12.3. The van der Waals surface area contributed by atoms with Crippen molar-refractivity contribution >= 4 is 22.7 Å². The highest BCUT2D eigenvalue weighted by atomic mass is 16.5. The fourth-order valence-corrected chi connectivity index (χ4v) is 2.01. The SMILES string of the molecule is CCCC(=O)O[C@H](C)C(=O)c1c[nH]c2ccccc12. The number of hydrogen-bond donors (Lipinski definition) is 1. The third kappa shape index (κ3) is 2.84. The van der Waals surface area contributed by atoms with Gasteiger partial charge in [0, 0.05) is 29.1 Å². The van der Waals surface area contributed by atoms with Crippen molar-refractivity contribution in [2.24, 2.45) is 0 Å². The van der Waals surface area contributed by atoms with Crippen LogP contribution in [0, 0.1) is 0 Å². The highest BCUT2D eigenvalue weighted by Crippen LogP contribution is 2.20. The van der Waals surface area contributed by atoms with Crippen LogP contribution in [-0.2, 0) is 9.53 Å². The molecule has 4 heteroatoms. The molecule has 0 bridgehead atoms. The summed E-state index contributed by atoms with van der Waals surface area (Å²) in [6.45, 7) is 3.51. The van der Waals surface area contributed by atoms with E-state index in [1.54, 1.807) is 13.1 Å². The lowest BCUT2D eigenvalue weighted by Crippen LogP contribution is -2.24. The molecule has 1 heterocycles. The number of hydrogen-bond acceptors (Lipinski definition) is 3. The van der Waals surface area contributed by atoms with Crippen LogP contribution in [0.2, 0.25) is 0 Å². The molecular formula is C15H17NO3. The quantitative estimate of drug-likeness (QED) is 0.663. The molecule has 0 spiro atoms. The molecule has 1 aromatic carbocycles. The monoisotopic (exact) mass is 259 g/mol. The van der Waals surface area contributed by atoms with E-state index in [0.717, 1.165) is 10.9 Å². The number of carbonyl (C=O) groups excluding carboxylic acids is 2. The Bertz CT molecular complexity index is 600. The number of aromatic amines is 1. The molecule has 100 valence electrons. The van der Waals surface area contributed by atoms with Gasteiger partial charge in [0.25, 0.3) is 0 Å². The Morgan fingerprint density at radius 1 is 1.32 bits per heavy atom. The lowest BCUT2D eigenvalue weighted by Gasteiger charge is -2.11. The van der Waals surface area contributed by atoms with Crippen LogP contribution in [0.4, 0.5) is 0 Å². The average Bonchev–Trinajstić information content (AvgIpc) is 2.81. The highest BCUT2D eigenvalue weighted by Gasteiger charge is 2.21. The first-order chi connectivity index (χ1) is 9.13. The Morgan fingerprint density at radius 3 is 2.79 bits per heavy atom. The van der Waals surface area contributed by atoms with E-state index in [2.05, 4.69) is 4.98 Å². The van der Waals surface area contributed by atoms with Crippen molar-refractivity contribution in [1.29, 1.82) is 0 Å². The Morgan fingerprint density at radius 2 is 2.05 bits per heavy atom. The van der Waals surface area contributed by atoms with Crippen molar-refractivity contribution in [3.63, 3.8) is 0 Å². The average molecular weight is 259 g/mol. The zero-order valence-electron chi connectivity index (χ0n) is 11.1. The van der Waals surface area contributed by atoms with E-state index in [1.165, 1.54) is 0 Å². The summed E-state index contributed by atoms with van der Waals surface area (Å²) in [5, 5.41) is 0.853. The fourth-order valence-electron chi connectivity index (χ4n) is 2.01. The van der Waals surface area contributed by atoms with E-state index < -0.39 is 6.10 Å². The molecule has 0 fully saturated rings. The molecule has 1 N–H and O–H groups in total. The summed E-state index contributed by atoms with van der Waals surface area (Å²) in [7, 11) is 0. The van der Waals surface area contributed by atoms with Crippen LogP contribution >= 0.6 is 0 Å². The Balaban J connectivity index is 2.17. The zero-order chi connectivity index (χ0) is 13.8. The van der Waals surface area contributed by atoms with Gasteiger partial charge in [-0.3, -0.25) is 9.59 Å². The molecule has 4 nitrogen and oxygen atoms in total. The van der Waals surface area contributed by atoms with E-state index in [9.17, 15) is 9.59 Å². The minimum absolute atomic E-state index is 0.179. The number of aromatic nitrogens is 1. The van der Waals surface area contributed by atoms with Gasteiger partial charge in [-0.25, -0.2) is 0 Å². The number of benzene rings is 1. The van der Waals surface area contributed by atoms with Gasteiger partial charge in [-0.2, -0.15) is 0 Å². The molecule has 1 aromatic heterocycles. The van der Waals surface area contributed by atoms with Gasteiger partial charge in [0.1, 0.15) is 0 Å². The summed E-state index contributed by atoms with van der Waals surface area (Å²) in [5.74, 6) is -0.509. The van der Waals surface area contributed by atoms with Crippen LogP contribution in [-0.4, -0.2) is 22.8 Å². The predicted molar refractivity (Wildman–Crippen MR) is 73.1 cm³/mol. The summed E-state index contributed by atoms with van der Waals surface area (Å²) >= 11 is 0. The maximum atomic E-state index is 12.3. The van der Waals surface area contributed by atoms with E-state index in [-0.39, 0.29) is 11.8 Å². The van der Waals surface area contributed by atoms with Crippen molar-refractivity contribution in [1.82, 2.24) is 4.98 Å². The number of H-pyrrole nitrogens is 1. The largest absolute Gasteiger partial charge is 0.454 e. The summed E-state index contributed by atoms with van der Waals surface area (Å²) in [6, 6.07) is 7.55. The predicted octanol–water partition coefficient (Wildman–Crippen LogP) is 3.08. The second kappa shape index (κ2) is 5.69. The van der Waals surface area contributed by atoms with Crippen molar-refractivity contribution < 1.29 is 14.3 Å². The molecule has 0 radical (unpaired) electrons. The molecule has 0 aliphatic carbocycles. The Hall–Kier alpha value is -2.10. The molecule has 0 amide bonds. The molecule has 2 aromatic rings. The van der Waals surface area contributed by atoms with Gasteiger partial charge in [0.05, 0.1) is 0 Å². The van der Waals surface area contributed by atoms with E-state index in [1.807, 2.05) is 31.2 Å². The van der Waals surface area contributed by atoms with Gasteiger partial charge in [-0.05, 0) is 19.4 Å². The summed E-state index contributed by atoms with van der Waals surface area (Å²) < 4.78 is 5.12. The number of esters is 1. The number of para-hydroxylation sites is 1. The first-order valence-corrected chi connectivity index (χ1v) is 6.43. The van der Waals surface area contributed by atoms with E-state index in [0.29, 0.717) is 18.4 Å². The van der Waals surface area contributed by atoms with Crippen LogP contribution in [0.1, 0.15) is 37.0 Å². The van der Waals surface area contributed by atoms with Gasteiger partial charge < -0.3 is 9.72 Å². The van der Waals surface area contributed by atoms with Gasteiger partial charge in [0.15, 0.2) is 6.10 Å². The van der Waals surface area contributed by atoms with Crippen molar-refractivity contribution in [3.8, 4) is 0 Å². The van der Waals surface area contributed by atoms with Crippen molar-refractivity contribution in [2.45, 2.75) is 32.8 Å². The van der Waals surface area contributed by atoms with Crippen LogP contribution < -0.4 is 0 Å². The molecule has 0 saturated carbocycles. The first kappa shape index (κ1) is 13.3. The van der Waals surface area contributed by atoms with Gasteiger partial charge >= 0.3 is 5.97 Å². The molecule has 1 atom stereocenters. The third-order valence-electron chi connectivity index (χ3n) is 2.99. The first-order valence-electron chi connectivity index (χ1n) is 6.43. The number of nitrogens with one attached hydrogen (secondary N) is 1. The van der Waals surface area contributed by atoms with Crippen LogP contribution in [0.3, 0.4) is 0 Å². The fraction of sp³-hybridized carbons (Fsp3) is 0.333. The Kier molecular flexibility index (Phi) is 4.00. The zero-order valence-corrected chi connectivity index (χ0v) is 11.1. The number of ketones is 1. The molecule has 0 saturated heterocycles. The molecular weight excluding hydrogens is 242 g/mol. The minimum atomic E-state index is -0.752. The number of Topliss-reactive ketones (excluding diaryl/α,β-unsaturated/α-hetero) is 1. The molecule has 2 rings (SSSR count). The van der Waals surface area contributed by atoms with Gasteiger partial charge in [0.2, 0.25) is 5.78 Å². The van der Waals surface area contributed by atoms with Crippen LogP contribution in [0.5, 0.6) is 0 Å². The maximum absolute atomic E-state index is 12.3. The number of carbonyl (C=O) groups is 2. The molecule has 19 heavy (non-hydrogen) atoms. The number of rotatable bonds is 5.